The van der Waals surface area contributed by atoms with Gasteiger partial charge in [-0.2, -0.15) is 0 Å². The monoisotopic (exact) mass is 272 g/mol. The lowest BCUT2D eigenvalue weighted by Gasteiger charge is -2.27. The Morgan fingerprint density at radius 1 is 1.33 bits per heavy atom. The molecule has 15 heavy (non-hydrogen) atoms. The maximum Gasteiger partial charge on any atom is 0.122 e. The van der Waals surface area contributed by atoms with Crippen LogP contribution >= 0.6 is 15.9 Å². The van der Waals surface area contributed by atoms with E-state index < -0.39 is 5.41 Å². The predicted molar refractivity (Wildman–Crippen MR) is 65.4 cm³/mol. The summed E-state index contributed by atoms with van der Waals surface area (Å²) in [6.07, 6.45) is 0. The summed E-state index contributed by atoms with van der Waals surface area (Å²) in [6, 6.07) is 1.89. The van der Waals surface area contributed by atoms with Crippen LogP contribution in [-0.4, -0.2) is 16.8 Å². The summed E-state index contributed by atoms with van der Waals surface area (Å²) in [7, 11) is 0. The van der Waals surface area contributed by atoms with Crippen LogP contribution in [0.4, 0.5) is 0 Å². The molecule has 0 aliphatic carbocycles. The van der Waals surface area contributed by atoms with Crippen molar-refractivity contribution in [1.82, 2.24) is 0 Å². The third kappa shape index (κ3) is 2.18. The average Bonchev–Trinajstić information content (AvgIpc) is 2.15. The maximum atomic E-state index is 10.0. The van der Waals surface area contributed by atoms with Crippen molar-refractivity contribution in [2.45, 2.75) is 33.1 Å². The first-order valence-corrected chi connectivity index (χ1v) is 5.70. The first-order chi connectivity index (χ1) is 6.81. The van der Waals surface area contributed by atoms with E-state index >= 15 is 0 Å². The second kappa shape index (κ2) is 4.14. The Morgan fingerprint density at radius 2 is 1.87 bits per heavy atom. The standard InChI is InChI=1S/C12H17BrO2/c1-7-5-9(13)8(2)10(11(7)15)12(3,4)6-14/h5,14-15H,6H2,1-4H3. The molecule has 84 valence electrons. The molecule has 1 aromatic carbocycles. The molecule has 0 aliphatic heterocycles. The van der Waals surface area contributed by atoms with Gasteiger partial charge in [0.25, 0.3) is 0 Å². The molecule has 0 radical (unpaired) electrons. The number of aromatic hydroxyl groups is 1. The SMILES string of the molecule is Cc1cc(Br)c(C)c(C(C)(C)CO)c1O. The van der Waals surface area contributed by atoms with Crippen LogP contribution in [0.5, 0.6) is 5.75 Å². The number of aliphatic hydroxyl groups excluding tert-OH is 1. The molecule has 1 rings (SSSR count). The lowest BCUT2D eigenvalue weighted by molar-refractivity contribution is 0.214. The fourth-order valence-electron chi connectivity index (χ4n) is 1.77. The zero-order valence-electron chi connectivity index (χ0n) is 9.56. The van der Waals surface area contributed by atoms with Crippen LogP contribution < -0.4 is 0 Å². The van der Waals surface area contributed by atoms with Gasteiger partial charge in [-0.25, -0.2) is 0 Å². The number of phenols is 1. The molecular weight excluding hydrogens is 256 g/mol. The summed E-state index contributed by atoms with van der Waals surface area (Å²) in [5, 5.41) is 19.4. The molecular formula is C12H17BrO2. The van der Waals surface area contributed by atoms with E-state index in [2.05, 4.69) is 15.9 Å². The minimum atomic E-state index is -0.428. The normalized spacial score (nSPS) is 11.9. The van der Waals surface area contributed by atoms with Gasteiger partial charge in [0.05, 0.1) is 6.61 Å². The smallest absolute Gasteiger partial charge is 0.122 e. The molecule has 0 bridgehead atoms. The largest absolute Gasteiger partial charge is 0.507 e. The number of phenolic OH excluding ortho intramolecular Hbond substituents is 1. The van der Waals surface area contributed by atoms with E-state index in [9.17, 15) is 10.2 Å². The highest BCUT2D eigenvalue weighted by Gasteiger charge is 2.27. The van der Waals surface area contributed by atoms with Crippen LogP contribution in [0, 0.1) is 13.8 Å². The van der Waals surface area contributed by atoms with Crippen molar-refractivity contribution in [1.29, 1.82) is 0 Å². The number of benzene rings is 1. The Labute approximate surface area is 99.1 Å². The van der Waals surface area contributed by atoms with Crippen molar-refractivity contribution in [2.75, 3.05) is 6.61 Å². The van der Waals surface area contributed by atoms with Gasteiger partial charge >= 0.3 is 0 Å². The highest BCUT2D eigenvalue weighted by molar-refractivity contribution is 9.10. The fraction of sp³-hybridized carbons (Fsp3) is 0.500. The van der Waals surface area contributed by atoms with Crippen molar-refractivity contribution in [3.05, 3.63) is 27.2 Å². The highest BCUT2D eigenvalue weighted by Crippen LogP contribution is 2.39. The molecule has 0 amide bonds. The molecule has 0 aliphatic rings. The molecule has 0 spiro atoms. The topological polar surface area (TPSA) is 40.5 Å². The average molecular weight is 273 g/mol. The number of halogens is 1. The molecule has 0 saturated carbocycles. The second-order valence-corrected chi connectivity index (χ2v) is 5.42. The van der Waals surface area contributed by atoms with Gasteiger partial charge in [-0.15, -0.1) is 0 Å². The van der Waals surface area contributed by atoms with E-state index in [1.165, 1.54) is 0 Å². The number of aliphatic hydroxyl groups is 1. The van der Waals surface area contributed by atoms with Crippen molar-refractivity contribution in [3.8, 4) is 5.75 Å². The van der Waals surface area contributed by atoms with Crippen LogP contribution in [0.25, 0.3) is 0 Å². The summed E-state index contributed by atoms with van der Waals surface area (Å²) < 4.78 is 0.967. The van der Waals surface area contributed by atoms with Gasteiger partial charge in [0.1, 0.15) is 5.75 Å². The first kappa shape index (κ1) is 12.5. The van der Waals surface area contributed by atoms with Gasteiger partial charge < -0.3 is 10.2 Å². The third-order valence-electron chi connectivity index (χ3n) is 2.76. The molecule has 3 heteroatoms. The van der Waals surface area contributed by atoms with Crippen LogP contribution in [0.1, 0.15) is 30.5 Å². The Morgan fingerprint density at radius 3 is 2.33 bits per heavy atom. The van der Waals surface area contributed by atoms with Crippen molar-refractivity contribution in [3.63, 3.8) is 0 Å². The summed E-state index contributed by atoms with van der Waals surface area (Å²) >= 11 is 3.46. The minimum absolute atomic E-state index is 0.0112. The zero-order valence-corrected chi connectivity index (χ0v) is 11.1. The quantitative estimate of drug-likeness (QED) is 0.869. The Hall–Kier alpha value is -0.540. The van der Waals surface area contributed by atoms with Gasteiger partial charge in [0.15, 0.2) is 0 Å². The van der Waals surface area contributed by atoms with Crippen LogP contribution in [-0.2, 0) is 5.41 Å². The van der Waals surface area contributed by atoms with E-state index in [0.717, 1.165) is 21.2 Å². The molecule has 2 nitrogen and oxygen atoms in total. The van der Waals surface area contributed by atoms with Crippen LogP contribution in [0.15, 0.2) is 10.5 Å². The number of rotatable bonds is 2. The molecule has 0 heterocycles. The predicted octanol–water partition coefficient (Wildman–Crippen LogP) is 3.04. The lowest BCUT2D eigenvalue weighted by atomic mass is 9.81. The Balaban J connectivity index is 3.53. The number of hydrogen-bond donors (Lipinski definition) is 2. The molecule has 0 aromatic heterocycles. The van der Waals surface area contributed by atoms with E-state index in [4.69, 9.17) is 0 Å². The summed E-state index contributed by atoms with van der Waals surface area (Å²) in [6.45, 7) is 7.64. The third-order valence-corrected chi connectivity index (χ3v) is 3.58. The Bertz CT molecular complexity index is 357. The molecule has 0 fully saturated rings. The number of aryl methyl sites for hydroxylation is 1. The van der Waals surface area contributed by atoms with Crippen molar-refractivity contribution >= 4 is 15.9 Å². The number of hydrogen-bond acceptors (Lipinski definition) is 2. The van der Waals surface area contributed by atoms with Crippen molar-refractivity contribution in [2.24, 2.45) is 0 Å². The van der Waals surface area contributed by atoms with Crippen LogP contribution in [0.3, 0.4) is 0 Å². The second-order valence-electron chi connectivity index (χ2n) is 4.57. The lowest BCUT2D eigenvalue weighted by Crippen LogP contribution is -2.24. The Kier molecular flexibility index (Phi) is 3.46. The molecule has 0 saturated heterocycles. The van der Waals surface area contributed by atoms with Gasteiger partial charge in [0, 0.05) is 15.5 Å². The first-order valence-electron chi connectivity index (χ1n) is 4.91. The molecule has 2 N–H and O–H groups in total. The summed E-state index contributed by atoms with van der Waals surface area (Å²) in [5.74, 6) is 0.287. The van der Waals surface area contributed by atoms with E-state index in [-0.39, 0.29) is 12.4 Å². The molecule has 1 aromatic rings. The van der Waals surface area contributed by atoms with Gasteiger partial charge in [0.2, 0.25) is 0 Å². The summed E-state index contributed by atoms with van der Waals surface area (Å²) in [4.78, 5) is 0. The minimum Gasteiger partial charge on any atom is -0.507 e. The van der Waals surface area contributed by atoms with Crippen molar-refractivity contribution < 1.29 is 10.2 Å². The van der Waals surface area contributed by atoms with E-state index in [1.54, 1.807) is 0 Å². The van der Waals surface area contributed by atoms with Gasteiger partial charge in [-0.05, 0) is 31.0 Å². The molecule has 0 unspecified atom stereocenters. The highest BCUT2D eigenvalue weighted by atomic mass is 79.9. The van der Waals surface area contributed by atoms with Gasteiger partial charge in [-0.3, -0.25) is 0 Å². The van der Waals surface area contributed by atoms with Crippen LogP contribution in [0.2, 0.25) is 0 Å². The summed E-state index contributed by atoms with van der Waals surface area (Å²) in [5.41, 5.74) is 2.20. The van der Waals surface area contributed by atoms with E-state index in [0.29, 0.717) is 0 Å². The van der Waals surface area contributed by atoms with Gasteiger partial charge in [-0.1, -0.05) is 29.8 Å². The zero-order chi connectivity index (χ0) is 11.8. The maximum absolute atomic E-state index is 10.0. The van der Waals surface area contributed by atoms with E-state index in [1.807, 2.05) is 33.8 Å². The fourth-order valence-corrected chi connectivity index (χ4v) is 2.31. The molecule has 0 atom stereocenters.